The lowest BCUT2D eigenvalue weighted by molar-refractivity contribution is -0.139. The molecule has 5 nitrogen and oxygen atoms in total. The molecule has 1 aliphatic rings. The number of rotatable bonds is 10. The van der Waals surface area contributed by atoms with Crippen molar-refractivity contribution in [2.75, 3.05) is 6.61 Å². The molecule has 0 fully saturated rings. The van der Waals surface area contributed by atoms with Crippen molar-refractivity contribution in [3.05, 3.63) is 95.3 Å². The predicted molar refractivity (Wildman–Crippen MR) is 127 cm³/mol. The van der Waals surface area contributed by atoms with Crippen molar-refractivity contribution in [1.82, 2.24) is 4.98 Å². The van der Waals surface area contributed by atoms with E-state index in [4.69, 9.17) is 14.6 Å². The van der Waals surface area contributed by atoms with Gasteiger partial charge < -0.3 is 14.6 Å². The smallest absolute Gasteiger partial charge is 0.341 e. The number of fused-ring (bicyclic) bond motifs is 1. The summed E-state index contributed by atoms with van der Waals surface area (Å²) in [7, 11) is 0. The second-order valence-electron chi connectivity index (χ2n) is 8.78. The normalized spacial score (nSPS) is 17.1. The van der Waals surface area contributed by atoms with E-state index >= 15 is 0 Å². The molecule has 1 aliphatic carbocycles. The van der Waals surface area contributed by atoms with E-state index in [0.717, 1.165) is 43.2 Å². The van der Waals surface area contributed by atoms with Crippen molar-refractivity contribution in [3.63, 3.8) is 0 Å². The van der Waals surface area contributed by atoms with Crippen molar-refractivity contribution < 1.29 is 19.4 Å². The molecule has 0 aliphatic heterocycles. The fourth-order valence-electron chi connectivity index (χ4n) is 4.66. The number of carboxylic acid groups (broad SMARTS) is 1. The van der Waals surface area contributed by atoms with Gasteiger partial charge in [0.25, 0.3) is 0 Å². The zero-order valence-electron chi connectivity index (χ0n) is 19.0. The molecule has 3 aromatic rings. The average molecular weight is 446 g/mol. The fourth-order valence-corrected chi connectivity index (χ4v) is 4.66. The second kappa shape index (κ2) is 11.1. The molecule has 1 aromatic heterocycles. The molecule has 0 saturated heterocycles. The number of carbonyl (C=O) groups is 1. The first-order chi connectivity index (χ1) is 16.1. The molecule has 0 bridgehead atoms. The van der Waals surface area contributed by atoms with Crippen LogP contribution in [0.15, 0.2) is 73.1 Å². The molecule has 4 rings (SSSR count). The Morgan fingerprint density at radius 2 is 1.82 bits per heavy atom. The van der Waals surface area contributed by atoms with E-state index in [-0.39, 0.29) is 18.8 Å². The van der Waals surface area contributed by atoms with Crippen molar-refractivity contribution in [2.24, 2.45) is 5.92 Å². The minimum Gasteiger partial charge on any atom is -0.482 e. The van der Waals surface area contributed by atoms with Gasteiger partial charge in [-0.1, -0.05) is 42.5 Å². The van der Waals surface area contributed by atoms with Gasteiger partial charge in [-0.25, -0.2) is 4.79 Å². The number of carboxylic acids is 1. The van der Waals surface area contributed by atoms with Gasteiger partial charge in [0.05, 0.1) is 6.10 Å². The molecule has 0 amide bonds. The number of hydrogen-bond donors (Lipinski definition) is 1. The number of ether oxygens (including phenoxy) is 2. The number of aromatic nitrogens is 1. The van der Waals surface area contributed by atoms with Crippen molar-refractivity contribution in [3.8, 4) is 5.75 Å². The number of nitrogens with zero attached hydrogens (tertiary/aromatic N) is 1. The van der Waals surface area contributed by atoms with Gasteiger partial charge in [0.2, 0.25) is 0 Å². The van der Waals surface area contributed by atoms with Crippen LogP contribution in [-0.4, -0.2) is 28.8 Å². The largest absolute Gasteiger partial charge is 0.482 e. The summed E-state index contributed by atoms with van der Waals surface area (Å²) in [6, 6.07) is 20.4. The van der Waals surface area contributed by atoms with Gasteiger partial charge in [0, 0.05) is 12.4 Å². The van der Waals surface area contributed by atoms with Crippen LogP contribution in [-0.2, 0) is 22.4 Å². The summed E-state index contributed by atoms with van der Waals surface area (Å²) in [5, 5.41) is 8.91. The highest BCUT2D eigenvalue weighted by molar-refractivity contribution is 5.68. The summed E-state index contributed by atoms with van der Waals surface area (Å²) in [4.78, 5) is 15.0. The third kappa shape index (κ3) is 6.20. The van der Waals surface area contributed by atoms with Crippen LogP contribution < -0.4 is 4.74 Å². The summed E-state index contributed by atoms with van der Waals surface area (Å²) in [5.74, 6) is 0.360. The van der Waals surface area contributed by atoms with Crippen molar-refractivity contribution in [2.45, 2.75) is 51.2 Å². The van der Waals surface area contributed by atoms with E-state index < -0.39 is 5.97 Å². The Hall–Kier alpha value is -3.18. The van der Waals surface area contributed by atoms with Crippen molar-refractivity contribution >= 4 is 5.97 Å². The maximum Gasteiger partial charge on any atom is 0.341 e. The summed E-state index contributed by atoms with van der Waals surface area (Å²) < 4.78 is 12.1. The molecule has 0 saturated carbocycles. The van der Waals surface area contributed by atoms with Crippen LogP contribution in [0, 0.1) is 5.92 Å². The van der Waals surface area contributed by atoms with Crippen LogP contribution in [0.3, 0.4) is 0 Å². The number of aliphatic carboxylic acids is 1. The lowest BCUT2D eigenvalue weighted by Crippen LogP contribution is -2.20. The van der Waals surface area contributed by atoms with Gasteiger partial charge in [-0.15, -0.1) is 0 Å². The van der Waals surface area contributed by atoms with Crippen LogP contribution in [0.25, 0.3) is 0 Å². The summed E-state index contributed by atoms with van der Waals surface area (Å²) in [6.45, 7) is 1.86. The van der Waals surface area contributed by atoms with E-state index in [9.17, 15) is 4.79 Å². The van der Waals surface area contributed by atoms with E-state index in [2.05, 4.69) is 30.1 Å². The molecular weight excluding hydrogens is 414 g/mol. The zero-order valence-corrected chi connectivity index (χ0v) is 19.0. The van der Waals surface area contributed by atoms with E-state index in [0.29, 0.717) is 11.7 Å². The standard InChI is InChI=1S/C28H31NO4/c1-20(33-28(22-6-3-2-4-7-22)23-14-16-29-17-15-23)10-11-21-12-13-25-24(18-21)8-5-9-26(25)32-19-27(30)31/h2-9,14-17,20-21,28H,10-13,18-19H2,1H3,(H,30,31). The molecule has 1 N–H and O–H groups in total. The molecule has 33 heavy (non-hydrogen) atoms. The van der Waals surface area contributed by atoms with Gasteiger partial charge in [0.1, 0.15) is 11.9 Å². The molecule has 3 atom stereocenters. The third-order valence-corrected chi connectivity index (χ3v) is 6.35. The second-order valence-corrected chi connectivity index (χ2v) is 8.78. The lowest BCUT2D eigenvalue weighted by atomic mass is 9.81. The van der Waals surface area contributed by atoms with Crippen LogP contribution >= 0.6 is 0 Å². The van der Waals surface area contributed by atoms with E-state index in [1.807, 2.05) is 54.9 Å². The topological polar surface area (TPSA) is 68.7 Å². The molecule has 3 unspecified atom stereocenters. The van der Waals surface area contributed by atoms with Crippen LogP contribution in [0.2, 0.25) is 0 Å². The maximum absolute atomic E-state index is 10.9. The number of pyridine rings is 1. The first-order valence-corrected chi connectivity index (χ1v) is 11.7. The highest BCUT2D eigenvalue weighted by atomic mass is 16.5. The maximum atomic E-state index is 10.9. The van der Waals surface area contributed by atoms with E-state index in [1.54, 1.807) is 0 Å². The average Bonchev–Trinajstić information content (AvgIpc) is 2.85. The van der Waals surface area contributed by atoms with Gasteiger partial charge in [-0.05, 0) is 85.4 Å². The highest BCUT2D eigenvalue weighted by Gasteiger charge is 2.23. The molecule has 0 radical (unpaired) electrons. The molecule has 2 aromatic carbocycles. The monoisotopic (exact) mass is 445 g/mol. The molecule has 0 spiro atoms. The molecule has 1 heterocycles. The summed E-state index contributed by atoms with van der Waals surface area (Å²) in [5.41, 5.74) is 4.71. The van der Waals surface area contributed by atoms with Crippen LogP contribution in [0.4, 0.5) is 0 Å². The lowest BCUT2D eigenvalue weighted by Gasteiger charge is -2.28. The quantitative estimate of drug-likeness (QED) is 0.438. The number of benzene rings is 2. The third-order valence-electron chi connectivity index (χ3n) is 6.35. The first kappa shape index (κ1) is 23.0. The summed E-state index contributed by atoms with van der Waals surface area (Å²) in [6.07, 6.45) is 8.73. The van der Waals surface area contributed by atoms with Gasteiger partial charge >= 0.3 is 5.97 Å². The SMILES string of the molecule is CC(CCC1CCc2c(cccc2OCC(=O)O)C1)OC(c1ccccc1)c1ccncc1. The minimum atomic E-state index is -0.948. The zero-order chi connectivity index (χ0) is 23.0. The van der Waals surface area contributed by atoms with Gasteiger partial charge in [0.15, 0.2) is 6.61 Å². The Bertz CT molecular complexity index is 999. The Kier molecular flexibility index (Phi) is 7.74. The minimum absolute atomic E-state index is 0.106. The van der Waals surface area contributed by atoms with Crippen LogP contribution in [0.5, 0.6) is 5.75 Å². The Labute approximate surface area is 195 Å². The van der Waals surface area contributed by atoms with Crippen LogP contribution in [0.1, 0.15) is 54.5 Å². The molecule has 5 heteroatoms. The fraction of sp³-hybridized carbons (Fsp3) is 0.357. The molecular formula is C28H31NO4. The van der Waals surface area contributed by atoms with E-state index in [1.165, 1.54) is 11.1 Å². The number of hydrogen-bond acceptors (Lipinski definition) is 4. The summed E-state index contributed by atoms with van der Waals surface area (Å²) >= 11 is 0. The Balaban J connectivity index is 1.36. The van der Waals surface area contributed by atoms with Crippen molar-refractivity contribution in [1.29, 1.82) is 0 Å². The Morgan fingerprint density at radius 3 is 2.58 bits per heavy atom. The van der Waals surface area contributed by atoms with Gasteiger partial charge in [-0.3, -0.25) is 4.98 Å². The molecule has 172 valence electrons. The highest BCUT2D eigenvalue weighted by Crippen LogP contribution is 2.35. The van der Waals surface area contributed by atoms with Gasteiger partial charge in [-0.2, -0.15) is 0 Å². The Morgan fingerprint density at radius 1 is 1.06 bits per heavy atom. The first-order valence-electron chi connectivity index (χ1n) is 11.7. The predicted octanol–water partition coefficient (Wildman–Crippen LogP) is 5.62.